The molecule has 0 saturated carbocycles. The lowest BCUT2D eigenvalue weighted by Gasteiger charge is -2.34. The number of likely N-dealkylation sites (tertiary alicyclic amines) is 1. The second kappa shape index (κ2) is 5.72. The molecule has 1 fully saturated rings. The lowest BCUT2D eigenvalue weighted by atomic mass is 9.87. The second-order valence-electron chi connectivity index (χ2n) is 4.93. The van der Waals surface area contributed by atoms with E-state index in [1.54, 1.807) is 7.11 Å². The standard InChI is InChI=1S/C12H25NO/c1-10(2)12-5-7-13(8-6-12)9-11(3)14-4/h10-12H,5-9H2,1-4H3. The minimum Gasteiger partial charge on any atom is -0.380 e. The molecule has 0 bridgehead atoms. The van der Waals surface area contributed by atoms with Crippen LogP contribution in [0.15, 0.2) is 0 Å². The predicted molar refractivity (Wildman–Crippen MR) is 60.5 cm³/mol. The highest BCUT2D eigenvalue weighted by molar-refractivity contribution is 4.75. The molecular formula is C12H25NO. The predicted octanol–water partition coefficient (Wildman–Crippen LogP) is 2.39. The van der Waals surface area contributed by atoms with Gasteiger partial charge in [0.05, 0.1) is 6.10 Å². The van der Waals surface area contributed by atoms with Crippen LogP contribution in [0, 0.1) is 11.8 Å². The Morgan fingerprint density at radius 2 is 1.79 bits per heavy atom. The molecule has 2 heteroatoms. The summed E-state index contributed by atoms with van der Waals surface area (Å²) in [7, 11) is 1.80. The van der Waals surface area contributed by atoms with Crippen LogP contribution >= 0.6 is 0 Å². The van der Waals surface area contributed by atoms with Crippen LogP contribution in [0.3, 0.4) is 0 Å². The summed E-state index contributed by atoms with van der Waals surface area (Å²) in [5.41, 5.74) is 0. The Hall–Kier alpha value is -0.0800. The molecule has 0 amide bonds. The van der Waals surface area contributed by atoms with Crippen molar-refractivity contribution in [3.8, 4) is 0 Å². The number of hydrogen-bond donors (Lipinski definition) is 0. The third-order valence-electron chi connectivity index (χ3n) is 3.49. The molecule has 1 heterocycles. The Morgan fingerprint density at radius 3 is 2.21 bits per heavy atom. The third-order valence-corrected chi connectivity index (χ3v) is 3.49. The summed E-state index contributed by atoms with van der Waals surface area (Å²) in [5.74, 6) is 1.81. The van der Waals surface area contributed by atoms with Crippen LogP contribution < -0.4 is 0 Å². The van der Waals surface area contributed by atoms with Gasteiger partial charge in [-0.15, -0.1) is 0 Å². The monoisotopic (exact) mass is 199 g/mol. The van der Waals surface area contributed by atoms with Gasteiger partial charge in [0, 0.05) is 13.7 Å². The van der Waals surface area contributed by atoms with Gasteiger partial charge in [0.25, 0.3) is 0 Å². The fourth-order valence-electron chi connectivity index (χ4n) is 2.24. The van der Waals surface area contributed by atoms with Crippen LogP contribution in [0.5, 0.6) is 0 Å². The smallest absolute Gasteiger partial charge is 0.0670 e. The van der Waals surface area contributed by atoms with Crippen LogP contribution in [0.1, 0.15) is 33.6 Å². The normalized spacial score (nSPS) is 22.9. The Labute approximate surface area is 88.6 Å². The van der Waals surface area contributed by atoms with E-state index in [-0.39, 0.29) is 0 Å². The third kappa shape index (κ3) is 3.58. The topological polar surface area (TPSA) is 12.5 Å². The van der Waals surface area contributed by atoms with Gasteiger partial charge in [-0.25, -0.2) is 0 Å². The minimum atomic E-state index is 0.380. The van der Waals surface area contributed by atoms with E-state index in [9.17, 15) is 0 Å². The molecule has 0 aromatic rings. The summed E-state index contributed by atoms with van der Waals surface area (Å²) in [4.78, 5) is 2.53. The molecule has 1 atom stereocenters. The summed E-state index contributed by atoms with van der Waals surface area (Å²) in [6.07, 6.45) is 3.12. The molecule has 0 N–H and O–H groups in total. The van der Waals surface area contributed by atoms with Crippen LogP contribution in [0.25, 0.3) is 0 Å². The summed E-state index contributed by atoms with van der Waals surface area (Å²) < 4.78 is 5.29. The zero-order valence-corrected chi connectivity index (χ0v) is 10.1. The van der Waals surface area contributed by atoms with E-state index >= 15 is 0 Å². The molecule has 1 unspecified atom stereocenters. The Bertz CT molecular complexity index is 150. The number of piperidine rings is 1. The number of rotatable bonds is 4. The zero-order valence-electron chi connectivity index (χ0n) is 10.1. The molecule has 0 radical (unpaired) electrons. The fourth-order valence-corrected chi connectivity index (χ4v) is 2.24. The molecule has 1 aliphatic heterocycles. The van der Waals surface area contributed by atoms with Gasteiger partial charge in [-0.05, 0) is 44.7 Å². The van der Waals surface area contributed by atoms with Gasteiger partial charge in [0.2, 0.25) is 0 Å². The maximum absolute atomic E-state index is 5.29. The second-order valence-corrected chi connectivity index (χ2v) is 4.93. The molecular weight excluding hydrogens is 174 g/mol. The van der Waals surface area contributed by atoms with Crippen LogP contribution in [0.2, 0.25) is 0 Å². The van der Waals surface area contributed by atoms with Crippen molar-refractivity contribution < 1.29 is 4.74 Å². The first-order valence-electron chi connectivity index (χ1n) is 5.88. The number of ether oxygens (including phenoxy) is 1. The summed E-state index contributed by atoms with van der Waals surface area (Å²) in [5, 5.41) is 0. The molecule has 0 aliphatic carbocycles. The van der Waals surface area contributed by atoms with E-state index < -0.39 is 0 Å². The molecule has 84 valence electrons. The van der Waals surface area contributed by atoms with Crippen molar-refractivity contribution in [3.63, 3.8) is 0 Å². The lowest BCUT2D eigenvalue weighted by molar-refractivity contribution is 0.0582. The molecule has 0 aromatic heterocycles. The molecule has 1 saturated heterocycles. The van der Waals surface area contributed by atoms with Crippen LogP contribution in [-0.2, 0) is 4.74 Å². The van der Waals surface area contributed by atoms with E-state index in [4.69, 9.17) is 4.74 Å². The van der Waals surface area contributed by atoms with Crippen molar-refractivity contribution in [1.29, 1.82) is 0 Å². The van der Waals surface area contributed by atoms with Gasteiger partial charge in [-0.2, -0.15) is 0 Å². The minimum absolute atomic E-state index is 0.380. The average molecular weight is 199 g/mol. The Morgan fingerprint density at radius 1 is 1.21 bits per heavy atom. The fraction of sp³-hybridized carbons (Fsp3) is 1.00. The molecule has 1 aliphatic rings. The van der Waals surface area contributed by atoms with Crippen molar-refractivity contribution in [3.05, 3.63) is 0 Å². The first-order valence-corrected chi connectivity index (χ1v) is 5.88. The maximum Gasteiger partial charge on any atom is 0.0670 e. The van der Waals surface area contributed by atoms with Gasteiger partial charge < -0.3 is 9.64 Å². The molecule has 0 aromatic carbocycles. The highest BCUT2D eigenvalue weighted by Crippen LogP contribution is 2.24. The van der Waals surface area contributed by atoms with E-state index in [1.807, 2.05) is 0 Å². The largest absolute Gasteiger partial charge is 0.380 e. The lowest BCUT2D eigenvalue weighted by Crippen LogP contribution is -2.39. The Balaban J connectivity index is 2.22. The summed E-state index contributed by atoms with van der Waals surface area (Å²) >= 11 is 0. The number of nitrogens with zero attached hydrogens (tertiary/aromatic N) is 1. The molecule has 14 heavy (non-hydrogen) atoms. The van der Waals surface area contributed by atoms with Crippen molar-refractivity contribution >= 4 is 0 Å². The van der Waals surface area contributed by atoms with Gasteiger partial charge in [-0.3, -0.25) is 0 Å². The highest BCUT2D eigenvalue weighted by atomic mass is 16.5. The van der Waals surface area contributed by atoms with E-state index in [1.165, 1.54) is 25.9 Å². The van der Waals surface area contributed by atoms with Crippen LogP contribution in [-0.4, -0.2) is 37.7 Å². The zero-order chi connectivity index (χ0) is 10.6. The number of hydrogen-bond acceptors (Lipinski definition) is 2. The van der Waals surface area contributed by atoms with Gasteiger partial charge in [0.1, 0.15) is 0 Å². The quantitative estimate of drug-likeness (QED) is 0.689. The van der Waals surface area contributed by atoms with Crippen molar-refractivity contribution in [1.82, 2.24) is 4.90 Å². The van der Waals surface area contributed by atoms with Crippen molar-refractivity contribution in [2.75, 3.05) is 26.7 Å². The first kappa shape index (κ1) is 12.0. The maximum atomic E-state index is 5.29. The van der Waals surface area contributed by atoms with Crippen molar-refractivity contribution in [2.45, 2.75) is 39.7 Å². The van der Waals surface area contributed by atoms with E-state index in [2.05, 4.69) is 25.7 Å². The molecule has 0 spiro atoms. The SMILES string of the molecule is COC(C)CN1CCC(C(C)C)CC1. The van der Waals surface area contributed by atoms with Gasteiger partial charge in [0.15, 0.2) is 0 Å². The summed E-state index contributed by atoms with van der Waals surface area (Å²) in [6.45, 7) is 10.5. The highest BCUT2D eigenvalue weighted by Gasteiger charge is 2.22. The van der Waals surface area contributed by atoms with Gasteiger partial charge in [-0.1, -0.05) is 13.8 Å². The average Bonchev–Trinajstić information content (AvgIpc) is 2.18. The number of methoxy groups -OCH3 is 1. The van der Waals surface area contributed by atoms with Crippen molar-refractivity contribution in [2.24, 2.45) is 11.8 Å². The van der Waals surface area contributed by atoms with E-state index in [0.29, 0.717) is 6.10 Å². The molecule has 2 nitrogen and oxygen atoms in total. The first-order chi connectivity index (χ1) is 6.63. The van der Waals surface area contributed by atoms with E-state index in [0.717, 1.165) is 18.4 Å². The van der Waals surface area contributed by atoms with Crippen LogP contribution in [0.4, 0.5) is 0 Å². The molecule has 1 rings (SSSR count). The van der Waals surface area contributed by atoms with Gasteiger partial charge >= 0.3 is 0 Å². The summed E-state index contributed by atoms with van der Waals surface area (Å²) in [6, 6.07) is 0. The Kier molecular flexibility index (Phi) is 4.90.